The van der Waals surface area contributed by atoms with Gasteiger partial charge in [0.15, 0.2) is 0 Å². The zero-order valence-corrected chi connectivity index (χ0v) is 13.6. The quantitative estimate of drug-likeness (QED) is 0.586. The van der Waals surface area contributed by atoms with Crippen molar-refractivity contribution in [2.45, 2.75) is 12.5 Å². The Hall–Kier alpha value is -1.58. The van der Waals surface area contributed by atoms with E-state index in [4.69, 9.17) is 16.3 Å². The van der Waals surface area contributed by atoms with E-state index in [2.05, 4.69) is 33.0 Å². The van der Waals surface area contributed by atoms with Crippen molar-refractivity contribution < 1.29 is 4.74 Å². The van der Waals surface area contributed by atoms with Crippen molar-refractivity contribution in [1.29, 1.82) is 0 Å². The fourth-order valence-electron chi connectivity index (χ4n) is 2.19. The number of rotatable bonds is 4. The van der Waals surface area contributed by atoms with Gasteiger partial charge in [0.25, 0.3) is 0 Å². The third-order valence-corrected chi connectivity index (χ3v) is 4.16. The second kappa shape index (κ2) is 6.46. The summed E-state index contributed by atoms with van der Waals surface area (Å²) in [4.78, 5) is 4.32. The molecule has 2 nitrogen and oxygen atoms in total. The van der Waals surface area contributed by atoms with Gasteiger partial charge in [0, 0.05) is 17.1 Å². The molecular weight excluding hydrogens is 350 g/mol. The summed E-state index contributed by atoms with van der Waals surface area (Å²) in [6.45, 7) is 0.497. The number of ether oxygens (including phenoxy) is 1. The zero-order valence-electron chi connectivity index (χ0n) is 11.2. The predicted molar refractivity (Wildman–Crippen MR) is 89.8 cm³/mol. The second-order valence-corrected chi connectivity index (χ2v) is 5.80. The average molecular weight is 363 g/mol. The molecule has 21 heavy (non-hydrogen) atoms. The van der Waals surface area contributed by atoms with Gasteiger partial charge in [-0.2, -0.15) is 0 Å². The number of nitrogens with zero attached hydrogens (tertiary/aromatic N) is 1. The summed E-state index contributed by atoms with van der Waals surface area (Å²) in [5, 5.41) is 1.11. The first kappa shape index (κ1) is 14.4. The van der Waals surface area contributed by atoms with E-state index in [0.717, 1.165) is 32.3 Å². The summed E-state index contributed by atoms with van der Waals surface area (Å²) in [6, 6.07) is 16.0. The number of halogens is 2. The first-order valence-electron chi connectivity index (χ1n) is 6.58. The lowest BCUT2D eigenvalue weighted by molar-refractivity contribution is 0.302. The molecule has 0 amide bonds. The lowest BCUT2D eigenvalue weighted by atomic mass is 10.1. The number of benzene rings is 2. The van der Waals surface area contributed by atoms with E-state index >= 15 is 0 Å². The minimum absolute atomic E-state index is 0.427. The van der Waals surface area contributed by atoms with E-state index in [9.17, 15) is 0 Å². The van der Waals surface area contributed by atoms with Crippen molar-refractivity contribution in [3.63, 3.8) is 0 Å². The van der Waals surface area contributed by atoms with Gasteiger partial charge in [-0.25, -0.2) is 0 Å². The molecule has 3 rings (SSSR count). The van der Waals surface area contributed by atoms with Gasteiger partial charge in [-0.1, -0.05) is 24.3 Å². The Morgan fingerprint density at radius 3 is 2.86 bits per heavy atom. The van der Waals surface area contributed by atoms with Crippen molar-refractivity contribution in [3.05, 3.63) is 70.3 Å². The van der Waals surface area contributed by atoms with Gasteiger partial charge in [0.2, 0.25) is 0 Å². The van der Waals surface area contributed by atoms with E-state index in [-0.39, 0.29) is 0 Å². The number of hydrogen-bond acceptors (Lipinski definition) is 2. The summed E-state index contributed by atoms with van der Waals surface area (Å²) in [7, 11) is 0. The molecule has 0 N–H and O–H groups in total. The Bertz CT molecular complexity index is 776. The van der Waals surface area contributed by atoms with E-state index in [1.165, 1.54) is 0 Å². The Morgan fingerprint density at radius 1 is 1.10 bits per heavy atom. The normalized spacial score (nSPS) is 10.8. The van der Waals surface area contributed by atoms with Crippen LogP contribution in [0.3, 0.4) is 0 Å². The molecule has 0 atom stereocenters. The van der Waals surface area contributed by atoms with Crippen LogP contribution in [-0.2, 0) is 12.5 Å². The lowest BCUT2D eigenvalue weighted by Crippen LogP contribution is -1.99. The van der Waals surface area contributed by atoms with E-state index in [1.54, 1.807) is 6.20 Å². The van der Waals surface area contributed by atoms with Gasteiger partial charge in [-0.15, -0.1) is 11.6 Å². The summed E-state index contributed by atoms with van der Waals surface area (Å²) >= 11 is 9.46. The summed E-state index contributed by atoms with van der Waals surface area (Å²) in [6.07, 6.45) is 1.80. The molecule has 0 unspecified atom stereocenters. The molecule has 0 saturated carbocycles. The Kier molecular flexibility index (Phi) is 4.42. The molecule has 2 aromatic carbocycles. The molecule has 0 fully saturated rings. The number of aromatic nitrogens is 1. The maximum absolute atomic E-state index is 5.95. The fraction of sp³-hybridized carbons (Fsp3) is 0.118. The van der Waals surface area contributed by atoms with Crippen LogP contribution in [0, 0.1) is 0 Å². The van der Waals surface area contributed by atoms with Crippen molar-refractivity contribution >= 4 is 38.4 Å². The average Bonchev–Trinajstić information content (AvgIpc) is 2.53. The van der Waals surface area contributed by atoms with Crippen molar-refractivity contribution in [3.8, 4) is 5.75 Å². The van der Waals surface area contributed by atoms with Gasteiger partial charge in [-0.3, -0.25) is 4.98 Å². The molecule has 1 heterocycles. The number of alkyl halides is 1. The van der Waals surface area contributed by atoms with E-state index in [1.807, 2.05) is 36.4 Å². The molecule has 0 bridgehead atoms. The van der Waals surface area contributed by atoms with E-state index in [0.29, 0.717) is 12.5 Å². The first-order valence-corrected chi connectivity index (χ1v) is 7.90. The second-order valence-electron chi connectivity index (χ2n) is 4.68. The molecule has 0 radical (unpaired) electrons. The van der Waals surface area contributed by atoms with Gasteiger partial charge in [0.1, 0.15) is 12.4 Å². The van der Waals surface area contributed by atoms with Crippen LogP contribution in [-0.4, -0.2) is 4.98 Å². The first-order chi connectivity index (χ1) is 10.3. The Morgan fingerprint density at radius 2 is 2.00 bits per heavy atom. The van der Waals surface area contributed by atoms with Gasteiger partial charge in [-0.05, 0) is 45.8 Å². The highest BCUT2D eigenvalue weighted by Gasteiger charge is 2.07. The van der Waals surface area contributed by atoms with Gasteiger partial charge >= 0.3 is 0 Å². The topological polar surface area (TPSA) is 22.1 Å². The molecule has 1 aromatic heterocycles. The summed E-state index contributed by atoms with van der Waals surface area (Å²) in [5.74, 6) is 1.23. The highest BCUT2D eigenvalue weighted by molar-refractivity contribution is 9.10. The Balaban J connectivity index is 1.83. The standard InChI is InChI=1S/C17H13BrClNO/c18-15-5-1-3-14(10-19)17(15)21-11-12-6-7-16-13(9-12)4-2-8-20-16/h1-9H,10-11H2. The maximum atomic E-state index is 5.95. The fourth-order valence-corrected chi connectivity index (χ4v) is 2.92. The number of hydrogen-bond donors (Lipinski definition) is 0. The SMILES string of the molecule is ClCc1cccc(Br)c1OCc1ccc2ncccc2c1. The third kappa shape index (κ3) is 3.20. The van der Waals surface area contributed by atoms with Gasteiger partial charge in [0.05, 0.1) is 15.9 Å². The van der Waals surface area contributed by atoms with Crippen LogP contribution in [0.15, 0.2) is 59.2 Å². The smallest absolute Gasteiger partial charge is 0.138 e. The van der Waals surface area contributed by atoms with Crippen LogP contribution in [0.1, 0.15) is 11.1 Å². The molecule has 0 spiro atoms. The highest BCUT2D eigenvalue weighted by atomic mass is 79.9. The minimum atomic E-state index is 0.427. The molecule has 106 valence electrons. The maximum Gasteiger partial charge on any atom is 0.138 e. The molecule has 0 aliphatic carbocycles. The van der Waals surface area contributed by atoms with Crippen LogP contribution < -0.4 is 4.74 Å². The molecule has 0 aliphatic rings. The largest absolute Gasteiger partial charge is 0.487 e. The van der Waals surface area contributed by atoms with E-state index < -0.39 is 0 Å². The lowest BCUT2D eigenvalue weighted by Gasteiger charge is -2.12. The number of fused-ring (bicyclic) bond motifs is 1. The van der Waals surface area contributed by atoms with Crippen molar-refractivity contribution in [1.82, 2.24) is 4.98 Å². The number of para-hydroxylation sites is 1. The van der Waals surface area contributed by atoms with Crippen molar-refractivity contribution in [2.75, 3.05) is 0 Å². The molecule has 0 aliphatic heterocycles. The Labute approximate surface area is 136 Å². The monoisotopic (exact) mass is 361 g/mol. The van der Waals surface area contributed by atoms with Crippen LogP contribution in [0.5, 0.6) is 5.75 Å². The van der Waals surface area contributed by atoms with Crippen LogP contribution >= 0.6 is 27.5 Å². The predicted octanol–water partition coefficient (Wildman–Crippen LogP) is 5.32. The van der Waals surface area contributed by atoms with Crippen LogP contribution in [0.2, 0.25) is 0 Å². The molecular formula is C17H13BrClNO. The third-order valence-electron chi connectivity index (χ3n) is 3.24. The van der Waals surface area contributed by atoms with Crippen LogP contribution in [0.4, 0.5) is 0 Å². The zero-order chi connectivity index (χ0) is 14.7. The molecule has 0 saturated heterocycles. The van der Waals surface area contributed by atoms with Crippen LogP contribution in [0.25, 0.3) is 10.9 Å². The minimum Gasteiger partial charge on any atom is -0.487 e. The number of pyridine rings is 1. The highest BCUT2D eigenvalue weighted by Crippen LogP contribution is 2.31. The molecule has 3 aromatic rings. The molecule has 4 heteroatoms. The van der Waals surface area contributed by atoms with Gasteiger partial charge < -0.3 is 4.74 Å². The summed E-state index contributed by atoms with van der Waals surface area (Å²) in [5.41, 5.74) is 3.07. The summed E-state index contributed by atoms with van der Waals surface area (Å²) < 4.78 is 6.86. The van der Waals surface area contributed by atoms with Crippen molar-refractivity contribution in [2.24, 2.45) is 0 Å².